The Morgan fingerprint density at radius 1 is 1.12 bits per heavy atom. The Labute approximate surface area is 152 Å². The van der Waals surface area contributed by atoms with Crippen molar-refractivity contribution in [2.45, 2.75) is 25.9 Å². The zero-order valence-corrected chi connectivity index (χ0v) is 14.6. The zero-order chi connectivity index (χ0) is 17.9. The molecule has 5 heteroatoms. The van der Waals surface area contributed by atoms with E-state index in [0.717, 1.165) is 30.0 Å². The van der Waals surface area contributed by atoms with Gasteiger partial charge in [-0.05, 0) is 17.2 Å². The van der Waals surface area contributed by atoms with Gasteiger partial charge in [-0.1, -0.05) is 49.0 Å². The van der Waals surface area contributed by atoms with Crippen molar-refractivity contribution in [2.75, 3.05) is 0 Å². The fourth-order valence-corrected chi connectivity index (χ4v) is 3.35. The molecule has 0 bridgehead atoms. The van der Waals surface area contributed by atoms with E-state index >= 15 is 0 Å². The normalized spacial score (nSPS) is 12.3. The first-order chi connectivity index (χ1) is 12.7. The molecule has 1 aliphatic heterocycles. The minimum Gasteiger partial charge on any atom is -0.402 e. The van der Waals surface area contributed by atoms with Crippen LogP contribution in [0.2, 0.25) is 0 Å². The summed E-state index contributed by atoms with van der Waals surface area (Å²) in [5.74, 6) is 0. The molecule has 2 aromatic carbocycles. The molecule has 0 saturated heterocycles. The number of nitrogens with zero attached hydrogens (tertiary/aromatic N) is 4. The maximum absolute atomic E-state index is 5.93. The van der Waals surface area contributed by atoms with E-state index in [1.54, 1.807) is 0 Å². The van der Waals surface area contributed by atoms with Crippen molar-refractivity contribution in [2.24, 2.45) is 16.0 Å². The summed E-state index contributed by atoms with van der Waals surface area (Å²) in [6.07, 6.45) is 3.30. The Balaban J connectivity index is 1.66. The van der Waals surface area contributed by atoms with Gasteiger partial charge in [0.2, 0.25) is 0 Å². The first-order valence-electron chi connectivity index (χ1n) is 8.69. The lowest BCUT2D eigenvalue weighted by Gasteiger charge is -2.12. The SMILES string of the molecule is C=C(N)Cc1c(Cc2ccccc2)ncn1Cc1cccc2c1CN=N2. The number of hydrogen-bond donors (Lipinski definition) is 1. The van der Waals surface area contributed by atoms with E-state index < -0.39 is 0 Å². The zero-order valence-electron chi connectivity index (χ0n) is 14.6. The van der Waals surface area contributed by atoms with E-state index in [0.29, 0.717) is 18.7 Å². The number of hydrogen-bond acceptors (Lipinski definition) is 4. The lowest BCUT2D eigenvalue weighted by atomic mass is 10.0. The van der Waals surface area contributed by atoms with E-state index in [4.69, 9.17) is 5.73 Å². The standard InChI is InChI=1S/C21H21N5/c1-15(22)10-21-20(11-16-6-3-2-4-7-16)23-14-26(21)13-17-8-5-9-19-18(17)12-24-25-19/h2-9,14H,1,10-13,22H2. The third kappa shape index (κ3) is 3.28. The van der Waals surface area contributed by atoms with Gasteiger partial charge in [0.05, 0.1) is 24.3 Å². The van der Waals surface area contributed by atoms with E-state index in [9.17, 15) is 0 Å². The van der Waals surface area contributed by atoms with Gasteiger partial charge in [0.15, 0.2) is 0 Å². The fraction of sp³-hybridized carbons (Fsp3) is 0.190. The van der Waals surface area contributed by atoms with Gasteiger partial charge in [0, 0.05) is 36.3 Å². The summed E-state index contributed by atoms with van der Waals surface area (Å²) in [6.45, 7) is 5.27. The number of azo groups is 1. The summed E-state index contributed by atoms with van der Waals surface area (Å²) in [4.78, 5) is 4.67. The summed E-state index contributed by atoms with van der Waals surface area (Å²) in [6, 6.07) is 16.5. The molecule has 0 radical (unpaired) electrons. The Morgan fingerprint density at radius 2 is 1.96 bits per heavy atom. The molecule has 2 heterocycles. The number of aromatic nitrogens is 2. The highest BCUT2D eigenvalue weighted by Gasteiger charge is 2.16. The Bertz CT molecular complexity index is 969. The van der Waals surface area contributed by atoms with Crippen molar-refractivity contribution >= 4 is 5.69 Å². The van der Waals surface area contributed by atoms with Crippen LogP contribution in [0.4, 0.5) is 5.69 Å². The van der Waals surface area contributed by atoms with Crippen molar-refractivity contribution < 1.29 is 0 Å². The Morgan fingerprint density at radius 3 is 2.77 bits per heavy atom. The third-order valence-electron chi connectivity index (χ3n) is 4.64. The summed E-state index contributed by atoms with van der Waals surface area (Å²) >= 11 is 0. The van der Waals surface area contributed by atoms with Crippen molar-refractivity contribution in [3.05, 3.63) is 95.2 Å². The Hall–Kier alpha value is -3.21. The smallest absolute Gasteiger partial charge is 0.0955 e. The van der Waals surface area contributed by atoms with Crippen LogP contribution in [0.3, 0.4) is 0 Å². The van der Waals surface area contributed by atoms with Crippen LogP contribution in [0.1, 0.15) is 28.1 Å². The molecule has 1 aromatic heterocycles. The molecule has 0 unspecified atom stereocenters. The number of nitrogens with two attached hydrogens (primary N) is 1. The highest BCUT2D eigenvalue weighted by atomic mass is 15.1. The first kappa shape index (κ1) is 16.3. The second-order valence-corrected chi connectivity index (χ2v) is 6.58. The average Bonchev–Trinajstić information content (AvgIpc) is 3.25. The van der Waals surface area contributed by atoms with Gasteiger partial charge in [-0.2, -0.15) is 10.2 Å². The highest BCUT2D eigenvalue weighted by molar-refractivity contribution is 5.51. The maximum atomic E-state index is 5.93. The van der Waals surface area contributed by atoms with Gasteiger partial charge in [0.25, 0.3) is 0 Å². The maximum Gasteiger partial charge on any atom is 0.0955 e. The summed E-state index contributed by atoms with van der Waals surface area (Å²) in [5, 5.41) is 8.35. The van der Waals surface area contributed by atoms with Crippen LogP contribution in [0.25, 0.3) is 0 Å². The predicted octanol–water partition coefficient (Wildman–Crippen LogP) is 4.13. The minimum atomic E-state index is 0.617. The highest BCUT2D eigenvalue weighted by Crippen LogP contribution is 2.30. The van der Waals surface area contributed by atoms with Crippen LogP contribution in [-0.2, 0) is 25.9 Å². The molecule has 3 aromatic rings. The number of fused-ring (bicyclic) bond motifs is 1. The largest absolute Gasteiger partial charge is 0.402 e. The van der Waals surface area contributed by atoms with Crippen molar-refractivity contribution in [1.82, 2.24) is 9.55 Å². The summed E-state index contributed by atoms with van der Waals surface area (Å²) < 4.78 is 2.17. The molecule has 0 saturated carbocycles. The van der Waals surface area contributed by atoms with Crippen molar-refractivity contribution in [1.29, 1.82) is 0 Å². The van der Waals surface area contributed by atoms with Crippen LogP contribution >= 0.6 is 0 Å². The first-order valence-corrected chi connectivity index (χ1v) is 8.69. The third-order valence-corrected chi connectivity index (χ3v) is 4.64. The summed E-state index contributed by atoms with van der Waals surface area (Å²) in [5.41, 5.74) is 13.4. The molecule has 2 N–H and O–H groups in total. The minimum absolute atomic E-state index is 0.617. The molecule has 0 fully saturated rings. The van der Waals surface area contributed by atoms with Crippen LogP contribution in [0.5, 0.6) is 0 Å². The lowest BCUT2D eigenvalue weighted by Crippen LogP contribution is -2.10. The van der Waals surface area contributed by atoms with Crippen molar-refractivity contribution in [3.8, 4) is 0 Å². The molecule has 26 heavy (non-hydrogen) atoms. The molecule has 0 spiro atoms. The fourth-order valence-electron chi connectivity index (χ4n) is 3.35. The molecule has 1 aliphatic rings. The van der Waals surface area contributed by atoms with Crippen LogP contribution in [0.15, 0.2) is 77.4 Å². The lowest BCUT2D eigenvalue weighted by molar-refractivity contribution is 0.740. The van der Waals surface area contributed by atoms with Gasteiger partial charge >= 0.3 is 0 Å². The van der Waals surface area contributed by atoms with Crippen LogP contribution in [0, 0.1) is 0 Å². The topological polar surface area (TPSA) is 68.6 Å². The van der Waals surface area contributed by atoms with E-state index in [1.807, 2.05) is 36.7 Å². The van der Waals surface area contributed by atoms with E-state index in [1.165, 1.54) is 16.7 Å². The van der Waals surface area contributed by atoms with Gasteiger partial charge in [-0.25, -0.2) is 4.98 Å². The second-order valence-electron chi connectivity index (χ2n) is 6.58. The van der Waals surface area contributed by atoms with Gasteiger partial charge in [0.1, 0.15) is 0 Å². The molecule has 0 atom stereocenters. The molecule has 0 amide bonds. The number of imidazole rings is 1. The van der Waals surface area contributed by atoms with E-state index in [2.05, 4.69) is 44.6 Å². The van der Waals surface area contributed by atoms with Gasteiger partial charge in [-0.15, -0.1) is 0 Å². The Kier molecular flexibility index (Phi) is 4.35. The molecule has 0 aliphatic carbocycles. The molecule has 130 valence electrons. The average molecular weight is 343 g/mol. The predicted molar refractivity (Wildman–Crippen MR) is 102 cm³/mol. The van der Waals surface area contributed by atoms with Crippen LogP contribution < -0.4 is 5.73 Å². The molecular formula is C21H21N5. The van der Waals surface area contributed by atoms with E-state index in [-0.39, 0.29) is 0 Å². The molecule has 5 nitrogen and oxygen atoms in total. The second kappa shape index (κ2) is 6.96. The summed E-state index contributed by atoms with van der Waals surface area (Å²) in [7, 11) is 0. The van der Waals surface area contributed by atoms with Gasteiger partial charge in [-0.3, -0.25) is 0 Å². The molecule has 4 rings (SSSR count). The van der Waals surface area contributed by atoms with Gasteiger partial charge < -0.3 is 10.3 Å². The molecular weight excluding hydrogens is 322 g/mol. The van der Waals surface area contributed by atoms with Crippen LogP contribution in [-0.4, -0.2) is 9.55 Å². The van der Waals surface area contributed by atoms with Crippen molar-refractivity contribution in [3.63, 3.8) is 0 Å². The number of rotatable bonds is 6. The monoisotopic (exact) mass is 343 g/mol. The quantitative estimate of drug-likeness (QED) is 0.731. The number of benzene rings is 2. The number of allylic oxidation sites excluding steroid dienone is 1.